The van der Waals surface area contributed by atoms with Gasteiger partial charge in [0, 0.05) is 0 Å². The van der Waals surface area contributed by atoms with Crippen molar-refractivity contribution in [3.05, 3.63) is 35.9 Å². The number of aliphatic hydroxyl groups is 1. The van der Waals surface area contributed by atoms with Crippen LogP contribution in [0.2, 0.25) is 0 Å². The van der Waals surface area contributed by atoms with Gasteiger partial charge in [0.05, 0.1) is 6.04 Å². The number of hydrogen-bond donors (Lipinski definition) is 3. The SMILES string of the molecule is CN[C@@H](O)[C@H](Cc1ccccc1)NP. The molecule has 0 radical (unpaired) electrons. The molecule has 1 aromatic rings. The van der Waals surface area contributed by atoms with E-state index in [0.717, 1.165) is 6.42 Å². The summed E-state index contributed by atoms with van der Waals surface area (Å²) >= 11 is 0. The van der Waals surface area contributed by atoms with Crippen molar-refractivity contribution in [1.82, 2.24) is 10.4 Å². The highest BCUT2D eigenvalue weighted by molar-refractivity contribution is 7.13. The van der Waals surface area contributed by atoms with Crippen molar-refractivity contribution in [1.29, 1.82) is 0 Å². The maximum absolute atomic E-state index is 9.59. The van der Waals surface area contributed by atoms with E-state index < -0.39 is 6.23 Å². The lowest BCUT2D eigenvalue weighted by atomic mass is 10.1. The third-order valence-corrected chi connectivity index (χ3v) is 2.62. The van der Waals surface area contributed by atoms with E-state index in [4.69, 9.17) is 0 Å². The average Bonchev–Trinajstić information content (AvgIpc) is 2.26. The minimum atomic E-state index is -0.535. The molecule has 3 atom stereocenters. The molecule has 3 N–H and O–H groups in total. The van der Waals surface area contributed by atoms with Crippen LogP contribution in [0.5, 0.6) is 0 Å². The van der Waals surface area contributed by atoms with Crippen LogP contribution in [0.15, 0.2) is 30.3 Å². The van der Waals surface area contributed by atoms with E-state index >= 15 is 0 Å². The molecule has 0 aliphatic rings. The van der Waals surface area contributed by atoms with Crippen molar-refractivity contribution in [3.63, 3.8) is 0 Å². The van der Waals surface area contributed by atoms with Gasteiger partial charge in [0.2, 0.25) is 0 Å². The van der Waals surface area contributed by atoms with Crippen molar-refractivity contribution >= 4 is 9.39 Å². The smallest absolute Gasteiger partial charge is 0.120 e. The molecule has 4 heteroatoms. The normalized spacial score (nSPS) is 15.1. The van der Waals surface area contributed by atoms with Crippen LogP contribution >= 0.6 is 9.39 Å². The van der Waals surface area contributed by atoms with Crippen molar-refractivity contribution < 1.29 is 5.11 Å². The Balaban J connectivity index is 2.57. The summed E-state index contributed by atoms with van der Waals surface area (Å²) < 4.78 is 0. The van der Waals surface area contributed by atoms with Crippen LogP contribution in [0.4, 0.5) is 0 Å². The molecule has 0 fully saturated rings. The molecule has 0 aromatic heterocycles. The molecule has 0 spiro atoms. The maximum Gasteiger partial charge on any atom is 0.120 e. The average molecular weight is 212 g/mol. The van der Waals surface area contributed by atoms with Gasteiger partial charge in [-0.2, -0.15) is 0 Å². The zero-order valence-corrected chi connectivity index (χ0v) is 9.43. The molecule has 0 aliphatic carbocycles. The van der Waals surface area contributed by atoms with Gasteiger partial charge < -0.3 is 5.11 Å². The van der Waals surface area contributed by atoms with Crippen LogP contribution in [0.25, 0.3) is 0 Å². The van der Waals surface area contributed by atoms with Crippen LogP contribution in [-0.2, 0) is 6.42 Å². The third-order valence-electron chi connectivity index (χ3n) is 2.19. The highest BCUT2D eigenvalue weighted by atomic mass is 31.0. The first kappa shape index (κ1) is 11.6. The van der Waals surface area contributed by atoms with Gasteiger partial charge in [0.1, 0.15) is 6.23 Å². The van der Waals surface area contributed by atoms with Crippen LogP contribution in [0, 0.1) is 0 Å². The van der Waals surface area contributed by atoms with Gasteiger partial charge in [0.25, 0.3) is 0 Å². The zero-order chi connectivity index (χ0) is 10.4. The number of hydrogen-bond acceptors (Lipinski definition) is 3. The fourth-order valence-corrected chi connectivity index (χ4v) is 1.63. The Labute approximate surface area is 87.2 Å². The molecule has 0 aliphatic heterocycles. The topological polar surface area (TPSA) is 44.3 Å². The van der Waals surface area contributed by atoms with Crippen molar-refractivity contribution in [2.45, 2.75) is 18.7 Å². The largest absolute Gasteiger partial charge is 0.377 e. The van der Waals surface area contributed by atoms with Crippen molar-refractivity contribution in [2.24, 2.45) is 0 Å². The first-order valence-electron chi connectivity index (χ1n) is 4.63. The highest BCUT2D eigenvalue weighted by Gasteiger charge is 2.15. The predicted molar refractivity (Wildman–Crippen MR) is 61.8 cm³/mol. The molecule has 0 saturated carbocycles. The van der Waals surface area contributed by atoms with E-state index in [1.165, 1.54) is 5.56 Å². The Kier molecular flexibility index (Phi) is 5.05. The quantitative estimate of drug-likeness (QED) is 0.492. The molecule has 1 unspecified atom stereocenters. The van der Waals surface area contributed by atoms with Gasteiger partial charge in [-0.05, 0) is 19.0 Å². The molecule has 3 nitrogen and oxygen atoms in total. The Morgan fingerprint density at radius 2 is 2.00 bits per heavy atom. The second-order valence-corrected chi connectivity index (χ2v) is 3.53. The monoisotopic (exact) mass is 212 g/mol. The molecular formula is C10H17N2OP. The van der Waals surface area contributed by atoms with Crippen molar-refractivity contribution in [2.75, 3.05) is 7.05 Å². The van der Waals surface area contributed by atoms with Crippen LogP contribution in [0.1, 0.15) is 5.56 Å². The molecular weight excluding hydrogens is 195 g/mol. The number of likely N-dealkylation sites (N-methyl/N-ethyl adjacent to an activating group) is 1. The van der Waals surface area contributed by atoms with Crippen LogP contribution < -0.4 is 10.4 Å². The lowest BCUT2D eigenvalue weighted by molar-refractivity contribution is 0.112. The number of rotatable bonds is 5. The molecule has 0 amide bonds. The second kappa shape index (κ2) is 6.10. The highest BCUT2D eigenvalue weighted by Crippen LogP contribution is 2.05. The van der Waals surface area contributed by atoms with E-state index in [2.05, 4.69) is 31.9 Å². The van der Waals surface area contributed by atoms with Gasteiger partial charge in [-0.15, -0.1) is 0 Å². The number of nitrogens with one attached hydrogen (secondary N) is 2. The molecule has 0 bridgehead atoms. The van der Waals surface area contributed by atoms with Crippen LogP contribution in [0.3, 0.4) is 0 Å². The second-order valence-electron chi connectivity index (χ2n) is 3.20. The third kappa shape index (κ3) is 3.35. The summed E-state index contributed by atoms with van der Waals surface area (Å²) in [5.41, 5.74) is 1.21. The fraction of sp³-hybridized carbons (Fsp3) is 0.400. The lowest BCUT2D eigenvalue weighted by Crippen LogP contribution is -2.44. The minimum absolute atomic E-state index is 0.00685. The van der Waals surface area contributed by atoms with Gasteiger partial charge in [0.15, 0.2) is 0 Å². The maximum atomic E-state index is 9.59. The van der Waals surface area contributed by atoms with Gasteiger partial charge >= 0.3 is 0 Å². The lowest BCUT2D eigenvalue weighted by Gasteiger charge is -2.21. The first-order chi connectivity index (χ1) is 6.77. The van der Waals surface area contributed by atoms with E-state index in [-0.39, 0.29) is 6.04 Å². The summed E-state index contributed by atoms with van der Waals surface area (Å²) in [5, 5.41) is 15.4. The van der Waals surface area contributed by atoms with Crippen molar-refractivity contribution in [3.8, 4) is 0 Å². The summed E-state index contributed by atoms with van der Waals surface area (Å²) in [5.74, 6) is 0. The molecule has 1 rings (SSSR count). The summed E-state index contributed by atoms with van der Waals surface area (Å²) in [4.78, 5) is 0. The Morgan fingerprint density at radius 3 is 2.50 bits per heavy atom. The molecule has 14 heavy (non-hydrogen) atoms. The summed E-state index contributed by atoms with van der Waals surface area (Å²) in [6, 6.07) is 10.1. The number of aliphatic hydroxyl groups excluding tert-OH is 1. The minimum Gasteiger partial charge on any atom is -0.377 e. The number of benzene rings is 1. The van der Waals surface area contributed by atoms with E-state index in [1.807, 2.05) is 18.2 Å². The van der Waals surface area contributed by atoms with Gasteiger partial charge in [-0.25, -0.2) is 0 Å². The first-order valence-corrected chi connectivity index (χ1v) is 5.21. The van der Waals surface area contributed by atoms with E-state index in [1.54, 1.807) is 7.05 Å². The Bertz CT molecular complexity index is 256. The predicted octanol–water partition coefficient (Wildman–Crippen LogP) is 0.515. The summed E-state index contributed by atoms with van der Waals surface area (Å²) in [6.45, 7) is 0. The van der Waals surface area contributed by atoms with E-state index in [0.29, 0.717) is 0 Å². The zero-order valence-electron chi connectivity index (χ0n) is 8.27. The Morgan fingerprint density at radius 1 is 1.36 bits per heavy atom. The van der Waals surface area contributed by atoms with E-state index in [9.17, 15) is 5.11 Å². The summed E-state index contributed by atoms with van der Waals surface area (Å²) in [7, 11) is 4.18. The summed E-state index contributed by atoms with van der Waals surface area (Å²) in [6.07, 6.45) is 0.263. The molecule has 1 aromatic carbocycles. The molecule has 0 saturated heterocycles. The molecule has 0 heterocycles. The standard InChI is InChI=1S/C10H17N2OP/c1-11-10(13)9(12-14)7-8-5-3-2-4-6-8/h2-6,9-13H,7,14H2,1H3/t9-,10-/m0/s1. The van der Waals surface area contributed by atoms with Gasteiger partial charge in [-0.3, -0.25) is 10.4 Å². The fourth-order valence-electron chi connectivity index (χ4n) is 1.33. The van der Waals surface area contributed by atoms with Crippen LogP contribution in [-0.4, -0.2) is 24.4 Å². The molecule has 78 valence electrons. The van der Waals surface area contributed by atoms with Gasteiger partial charge in [-0.1, -0.05) is 39.7 Å². The Hall–Kier alpha value is -0.470.